The van der Waals surface area contributed by atoms with Crippen molar-refractivity contribution < 1.29 is 4.52 Å². The molecule has 0 saturated heterocycles. The Morgan fingerprint density at radius 1 is 1.57 bits per heavy atom. The maximum Gasteiger partial charge on any atom is 0.156 e. The number of rotatable bonds is 3. The summed E-state index contributed by atoms with van der Waals surface area (Å²) in [6, 6.07) is 3.94. The Morgan fingerprint density at radius 2 is 2.43 bits per heavy atom. The Kier molecular flexibility index (Phi) is 2.37. The van der Waals surface area contributed by atoms with Crippen LogP contribution in [0.3, 0.4) is 0 Å². The molecule has 0 saturated carbocycles. The van der Waals surface area contributed by atoms with Crippen LogP contribution < -0.4 is 5.73 Å². The van der Waals surface area contributed by atoms with Crippen molar-refractivity contribution in [2.24, 2.45) is 5.73 Å². The monoisotopic (exact) mass is 191 g/mol. The molecule has 0 bridgehead atoms. The maximum absolute atomic E-state index is 5.75. The van der Waals surface area contributed by atoms with Gasteiger partial charge in [-0.25, -0.2) is 0 Å². The second-order valence-corrected chi connectivity index (χ2v) is 3.38. The minimum absolute atomic E-state index is 0.0750. The zero-order valence-electron chi connectivity index (χ0n) is 8.05. The van der Waals surface area contributed by atoms with Crippen LogP contribution in [0.15, 0.2) is 35.2 Å². The molecule has 2 heterocycles. The maximum atomic E-state index is 5.75. The van der Waals surface area contributed by atoms with E-state index in [0.29, 0.717) is 6.54 Å². The summed E-state index contributed by atoms with van der Waals surface area (Å²) in [5, 5.41) is 3.65. The summed E-state index contributed by atoms with van der Waals surface area (Å²) >= 11 is 0. The molecule has 2 aromatic heterocycles. The van der Waals surface area contributed by atoms with Crippen LogP contribution in [0.5, 0.6) is 0 Å². The molecule has 4 nitrogen and oxygen atoms in total. The van der Waals surface area contributed by atoms with E-state index in [-0.39, 0.29) is 6.04 Å². The lowest BCUT2D eigenvalue weighted by atomic mass is 10.2. The number of nitrogens with two attached hydrogens (primary N) is 1. The normalized spacial score (nSPS) is 13.0. The van der Waals surface area contributed by atoms with Gasteiger partial charge < -0.3 is 14.8 Å². The molecule has 14 heavy (non-hydrogen) atoms. The van der Waals surface area contributed by atoms with Gasteiger partial charge in [-0.05, 0) is 18.6 Å². The van der Waals surface area contributed by atoms with E-state index >= 15 is 0 Å². The van der Waals surface area contributed by atoms with Gasteiger partial charge in [0, 0.05) is 24.5 Å². The van der Waals surface area contributed by atoms with Crippen molar-refractivity contribution in [1.29, 1.82) is 0 Å². The first-order valence-electron chi connectivity index (χ1n) is 4.56. The van der Waals surface area contributed by atoms with E-state index in [4.69, 9.17) is 10.3 Å². The lowest BCUT2D eigenvalue weighted by Gasteiger charge is -2.00. The fourth-order valence-corrected chi connectivity index (χ4v) is 1.33. The van der Waals surface area contributed by atoms with Crippen LogP contribution in [0.4, 0.5) is 0 Å². The van der Waals surface area contributed by atoms with Crippen molar-refractivity contribution in [3.05, 3.63) is 42.0 Å². The first-order valence-corrected chi connectivity index (χ1v) is 4.56. The summed E-state index contributed by atoms with van der Waals surface area (Å²) in [4.78, 5) is 0. The number of aromatic nitrogens is 2. The largest absolute Gasteiger partial charge is 0.359 e. The van der Waals surface area contributed by atoms with Crippen LogP contribution in [0.25, 0.3) is 0 Å². The zero-order valence-corrected chi connectivity index (χ0v) is 8.05. The Bertz CT molecular complexity index is 389. The van der Waals surface area contributed by atoms with Crippen molar-refractivity contribution in [2.75, 3.05) is 0 Å². The molecule has 0 aliphatic heterocycles. The summed E-state index contributed by atoms with van der Waals surface area (Å²) in [6.07, 6.45) is 5.65. The second kappa shape index (κ2) is 3.67. The molecule has 2 N–H and O–H groups in total. The Balaban J connectivity index is 2.11. The summed E-state index contributed by atoms with van der Waals surface area (Å²) < 4.78 is 7.03. The summed E-state index contributed by atoms with van der Waals surface area (Å²) in [6.45, 7) is 2.67. The molecule has 1 atom stereocenters. The van der Waals surface area contributed by atoms with Crippen molar-refractivity contribution in [3.8, 4) is 0 Å². The highest BCUT2D eigenvalue weighted by Gasteiger charge is 2.03. The van der Waals surface area contributed by atoms with E-state index in [0.717, 1.165) is 11.3 Å². The molecule has 4 heteroatoms. The van der Waals surface area contributed by atoms with Gasteiger partial charge in [-0.2, -0.15) is 0 Å². The fraction of sp³-hybridized carbons (Fsp3) is 0.300. The molecule has 0 amide bonds. The fourth-order valence-electron chi connectivity index (χ4n) is 1.33. The third-order valence-corrected chi connectivity index (χ3v) is 2.13. The predicted octanol–water partition coefficient (Wildman–Crippen LogP) is 1.54. The highest BCUT2D eigenvalue weighted by molar-refractivity contribution is 5.14. The molecule has 74 valence electrons. The second-order valence-electron chi connectivity index (χ2n) is 3.38. The minimum atomic E-state index is 0.0750. The smallest absolute Gasteiger partial charge is 0.156 e. The van der Waals surface area contributed by atoms with Gasteiger partial charge in [0.15, 0.2) is 5.76 Å². The van der Waals surface area contributed by atoms with Crippen LogP contribution in [0.2, 0.25) is 0 Å². The Labute approximate surface area is 82.3 Å². The molecular weight excluding hydrogens is 178 g/mol. The van der Waals surface area contributed by atoms with E-state index in [9.17, 15) is 0 Å². The zero-order chi connectivity index (χ0) is 9.97. The first-order chi connectivity index (χ1) is 6.75. The molecule has 2 rings (SSSR count). The topological polar surface area (TPSA) is 57.0 Å². The summed E-state index contributed by atoms with van der Waals surface area (Å²) in [5.41, 5.74) is 6.88. The molecular formula is C10H13N3O. The quantitative estimate of drug-likeness (QED) is 0.800. The minimum Gasteiger partial charge on any atom is -0.359 e. The van der Waals surface area contributed by atoms with Crippen LogP contribution in [-0.4, -0.2) is 9.72 Å². The van der Waals surface area contributed by atoms with E-state index < -0.39 is 0 Å². The highest BCUT2D eigenvalue weighted by Crippen LogP contribution is 2.11. The van der Waals surface area contributed by atoms with Crippen molar-refractivity contribution >= 4 is 0 Å². The van der Waals surface area contributed by atoms with Crippen LogP contribution in [0.1, 0.15) is 24.3 Å². The Morgan fingerprint density at radius 3 is 3.00 bits per heavy atom. The van der Waals surface area contributed by atoms with E-state index in [1.807, 2.05) is 36.0 Å². The molecule has 0 aromatic carbocycles. The molecule has 0 spiro atoms. The van der Waals surface area contributed by atoms with Gasteiger partial charge in [-0.1, -0.05) is 5.16 Å². The average Bonchev–Trinajstić information content (AvgIpc) is 2.75. The SMILES string of the molecule is CC(N)c1ccn(Cc2ccno2)c1. The summed E-state index contributed by atoms with van der Waals surface area (Å²) in [7, 11) is 0. The highest BCUT2D eigenvalue weighted by atomic mass is 16.5. The molecule has 2 aromatic rings. The number of nitrogens with zero attached hydrogens (tertiary/aromatic N) is 2. The van der Waals surface area contributed by atoms with Crippen molar-refractivity contribution in [3.63, 3.8) is 0 Å². The van der Waals surface area contributed by atoms with Gasteiger partial charge in [0.1, 0.15) is 0 Å². The summed E-state index contributed by atoms with van der Waals surface area (Å²) in [5.74, 6) is 0.844. The van der Waals surface area contributed by atoms with Crippen LogP contribution >= 0.6 is 0 Å². The van der Waals surface area contributed by atoms with Gasteiger partial charge in [0.25, 0.3) is 0 Å². The molecule has 0 radical (unpaired) electrons. The van der Waals surface area contributed by atoms with Gasteiger partial charge in [-0.15, -0.1) is 0 Å². The van der Waals surface area contributed by atoms with E-state index in [1.165, 1.54) is 0 Å². The van der Waals surface area contributed by atoms with Gasteiger partial charge in [0.2, 0.25) is 0 Å². The van der Waals surface area contributed by atoms with Crippen molar-refractivity contribution in [2.45, 2.75) is 19.5 Å². The molecule has 1 unspecified atom stereocenters. The molecule has 0 aliphatic carbocycles. The Hall–Kier alpha value is -1.55. The number of hydrogen-bond acceptors (Lipinski definition) is 3. The third-order valence-electron chi connectivity index (χ3n) is 2.13. The lowest BCUT2D eigenvalue weighted by molar-refractivity contribution is 0.376. The van der Waals surface area contributed by atoms with Crippen LogP contribution in [-0.2, 0) is 6.54 Å². The van der Waals surface area contributed by atoms with Gasteiger partial charge in [0.05, 0.1) is 12.7 Å². The van der Waals surface area contributed by atoms with Gasteiger partial charge in [-0.3, -0.25) is 0 Å². The molecule has 0 fully saturated rings. The third kappa shape index (κ3) is 1.85. The number of hydrogen-bond donors (Lipinski definition) is 1. The lowest BCUT2D eigenvalue weighted by Crippen LogP contribution is -2.03. The molecule has 0 aliphatic rings. The van der Waals surface area contributed by atoms with E-state index in [1.54, 1.807) is 6.20 Å². The average molecular weight is 191 g/mol. The standard InChI is InChI=1S/C10H13N3O/c1-8(11)9-3-5-13(6-9)7-10-2-4-12-14-10/h2-6,8H,7,11H2,1H3. The van der Waals surface area contributed by atoms with E-state index in [2.05, 4.69) is 5.16 Å². The first kappa shape index (κ1) is 9.02. The van der Waals surface area contributed by atoms with Gasteiger partial charge >= 0.3 is 0 Å². The predicted molar refractivity (Wildman–Crippen MR) is 52.6 cm³/mol. The van der Waals surface area contributed by atoms with Crippen LogP contribution in [0, 0.1) is 0 Å². The van der Waals surface area contributed by atoms with Crippen molar-refractivity contribution in [1.82, 2.24) is 9.72 Å².